The summed E-state index contributed by atoms with van der Waals surface area (Å²) in [5, 5.41) is 12.8. The van der Waals surface area contributed by atoms with Crippen LogP contribution in [0.25, 0.3) is 0 Å². The van der Waals surface area contributed by atoms with Crippen LogP contribution >= 0.6 is 11.8 Å². The third-order valence-corrected chi connectivity index (χ3v) is 4.37. The maximum atomic E-state index is 9.44. The van der Waals surface area contributed by atoms with Crippen molar-refractivity contribution in [3.63, 3.8) is 0 Å². The molecule has 3 heteroatoms. The molecule has 0 radical (unpaired) electrons. The molecule has 102 valence electrons. The van der Waals surface area contributed by atoms with Crippen molar-refractivity contribution in [3.8, 4) is 0 Å². The third-order valence-electron chi connectivity index (χ3n) is 3.21. The predicted molar refractivity (Wildman–Crippen MR) is 80.4 cm³/mol. The Morgan fingerprint density at radius 2 is 2.06 bits per heavy atom. The summed E-state index contributed by atoms with van der Waals surface area (Å²) in [7, 11) is 0. The Morgan fingerprint density at radius 1 is 1.33 bits per heavy atom. The van der Waals surface area contributed by atoms with Crippen LogP contribution < -0.4 is 5.32 Å². The Morgan fingerprint density at radius 3 is 2.67 bits per heavy atom. The molecule has 0 aliphatic heterocycles. The molecule has 1 unspecified atom stereocenters. The molecule has 0 fully saturated rings. The van der Waals surface area contributed by atoms with Gasteiger partial charge in [0, 0.05) is 10.4 Å². The van der Waals surface area contributed by atoms with Gasteiger partial charge < -0.3 is 10.4 Å². The van der Waals surface area contributed by atoms with E-state index in [0.717, 1.165) is 18.7 Å². The molecule has 0 bridgehead atoms. The number of hydrogen-bond acceptors (Lipinski definition) is 3. The van der Waals surface area contributed by atoms with E-state index >= 15 is 0 Å². The van der Waals surface area contributed by atoms with Gasteiger partial charge >= 0.3 is 0 Å². The van der Waals surface area contributed by atoms with Gasteiger partial charge in [0.25, 0.3) is 0 Å². The topological polar surface area (TPSA) is 32.3 Å². The van der Waals surface area contributed by atoms with Crippen molar-refractivity contribution in [2.45, 2.75) is 44.6 Å². The highest BCUT2D eigenvalue weighted by molar-refractivity contribution is 7.99. The molecule has 0 saturated heterocycles. The van der Waals surface area contributed by atoms with Crippen LogP contribution in [0.15, 0.2) is 23.1 Å². The van der Waals surface area contributed by atoms with E-state index in [1.54, 1.807) is 0 Å². The summed E-state index contributed by atoms with van der Waals surface area (Å²) in [4.78, 5) is 1.35. The van der Waals surface area contributed by atoms with Crippen molar-refractivity contribution in [2.24, 2.45) is 0 Å². The van der Waals surface area contributed by atoms with Crippen LogP contribution in [-0.2, 0) is 0 Å². The molecular formula is C15H25NOS. The summed E-state index contributed by atoms with van der Waals surface area (Å²) >= 11 is 1.88. The van der Waals surface area contributed by atoms with E-state index in [1.807, 2.05) is 11.8 Å². The second-order valence-electron chi connectivity index (χ2n) is 5.12. The average Bonchev–Trinajstić information content (AvgIpc) is 2.34. The van der Waals surface area contributed by atoms with Crippen molar-refractivity contribution in [3.05, 3.63) is 29.3 Å². The number of thioether (sulfide) groups is 1. The van der Waals surface area contributed by atoms with E-state index in [4.69, 9.17) is 0 Å². The standard InChI is InChI=1S/C15H25NOS/c1-5-16-15(4,11-17)8-9-18-14-10-12(2)6-7-13(14)3/h6-7,10,16-17H,5,8-9,11H2,1-4H3. The molecule has 0 aliphatic carbocycles. The molecule has 0 aliphatic rings. The molecule has 2 nitrogen and oxygen atoms in total. The molecule has 18 heavy (non-hydrogen) atoms. The van der Waals surface area contributed by atoms with E-state index in [0.29, 0.717) is 0 Å². The van der Waals surface area contributed by atoms with Crippen LogP contribution in [0.4, 0.5) is 0 Å². The number of rotatable bonds is 7. The number of nitrogens with one attached hydrogen (secondary N) is 1. The summed E-state index contributed by atoms with van der Waals surface area (Å²) < 4.78 is 0. The normalized spacial score (nSPS) is 14.5. The lowest BCUT2D eigenvalue weighted by molar-refractivity contribution is 0.173. The third kappa shape index (κ3) is 4.63. The van der Waals surface area contributed by atoms with Gasteiger partial charge in [-0.2, -0.15) is 0 Å². The number of aryl methyl sites for hydroxylation is 2. The smallest absolute Gasteiger partial charge is 0.0610 e. The number of aliphatic hydroxyl groups excluding tert-OH is 1. The Labute approximate surface area is 115 Å². The van der Waals surface area contributed by atoms with Gasteiger partial charge in [-0.1, -0.05) is 24.6 Å². The molecule has 2 N–H and O–H groups in total. The summed E-state index contributed by atoms with van der Waals surface area (Å²) in [6.45, 7) is 9.52. The fraction of sp³-hybridized carbons (Fsp3) is 0.600. The van der Waals surface area contributed by atoms with E-state index in [2.05, 4.69) is 51.2 Å². The Hall–Kier alpha value is -0.510. The highest BCUT2D eigenvalue weighted by atomic mass is 32.2. The van der Waals surface area contributed by atoms with E-state index in [9.17, 15) is 5.11 Å². The minimum Gasteiger partial charge on any atom is -0.394 e. The van der Waals surface area contributed by atoms with Gasteiger partial charge in [0.05, 0.1) is 6.61 Å². The molecular weight excluding hydrogens is 242 g/mol. The molecule has 1 rings (SSSR count). The van der Waals surface area contributed by atoms with Crippen LogP contribution in [0.1, 0.15) is 31.4 Å². The van der Waals surface area contributed by atoms with Crippen molar-refractivity contribution >= 4 is 11.8 Å². The molecule has 0 spiro atoms. The van der Waals surface area contributed by atoms with Gasteiger partial charge in [-0.15, -0.1) is 11.8 Å². The van der Waals surface area contributed by atoms with Gasteiger partial charge in [0.2, 0.25) is 0 Å². The van der Waals surface area contributed by atoms with Crippen LogP contribution in [0.2, 0.25) is 0 Å². The van der Waals surface area contributed by atoms with Crippen molar-refractivity contribution in [1.29, 1.82) is 0 Å². The van der Waals surface area contributed by atoms with Gasteiger partial charge in [-0.3, -0.25) is 0 Å². The first-order valence-corrected chi connectivity index (χ1v) is 7.55. The lowest BCUT2D eigenvalue weighted by Crippen LogP contribution is -2.46. The summed E-state index contributed by atoms with van der Waals surface area (Å²) in [5.41, 5.74) is 2.49. The fourth-order valence-corrected chi connectivity index (χ4v) is 3.24. The highest BCUT2D eigenvalue weighted by Gasteiger charge is 2.21. The minimum atomic E-state index is -0.153. The van der Waals surface area contributed by atoms with Crippen molar-refractivity contribution < 1.29 is 5.11 Å². The van der Waals surface area contributed by atoms with Crippen LogP contribution in [-0.4, -0.2) is 29.5 Å². The Balaban J connectivity index is 2.52. The van der Waals surface area contributed by atoms with Crippen LogP contribution in [0, 0.1) is 13.8 Å². The molecule has 1 aromatic rings. The number of hydrogen-bond donors (Lipinski definition) is 2. The van der Waals surface area contributed by atoms with Crippen molar-refractivity contribution in [2.75, 3.05) is 18.9 Å². The quantitative estimate of drug-likeness (QED) is 0.744. The maximum absolute atomic E-state index is 9.44. The molecule has 0 aromatic heterocycles. The van der Waals surface area contributed by atoms with Gasteiger partial charge in [-0.05, 0) is 51.1 Å². The highest BCUT2D eigenvalue weighted by Crippen LogP contribution is 2.26. The average molecular weight is 267 g/mol. The van der Waals surface area contributed by atoms with Crippen molar-refractivity contribution in [1.82, 2.24) is 5.32 Å². The number of benzene rings is 1. The van der Waals surface area contributed by atoms with Gasteiger partial charge in [0.1, 0.15) is 0 Å². The first-order chi connectivity index (χ1) is 8.50. The Bertz CT molecular complexity index is 381. The second-order valence-corrected chi connectivity index (χ2v) is 6.25. The fourth-order valence-electron chi connectivity index (χ4n) is 1.90. The van der Waals surface area contributed by atoms with E-state index in [1.165, 1.54) is 16.0 Å². The first kappa shape index (κ1) is 15.5. The predicted octanol–water partition coefficient (Wildman–Crippen LogP) is 3.15. The van der Waals surface area contributed by atoms with Crippen LogP contribution in [0.5, 0.6) is 0 Å². The zero-order chi connectivity index (χ0) is 13.6. The molecule has 0 saturated carbocycles. The summed E-state index contributed by atoms with van der Waals surface area (Å²) in [5.74, 6) is 1.02. The van der Waals surface area contributed by atoms with Gasteiger partial charge in [-0.25, -0.2) is 0 Å². The molecule has 1 aromatic carbocycles. The summed E-state index contributed by atoms with van der Waals surface area (Å²) in [6, 6.07) is 6.56. The largest absolute Gasteiger partial charge is 0.394 e. The molecule has 0 amide bonds. The maximum Gasteiger partial charge on any atom is 0.0610 e. The van der Waals surface area contributed by atoms with Gasteiger partial charge in [0.15, 0.2) is 0 Å². The number of aliphatic hydroxyl groups is 1. The lowest BCUT2D eigenvalue weighted by atomic mass is 10.0. The lowest BCUT2D eigenvalue weighted by Gasteiger charge is -2.28. The van der Waals surface area contributed by atoms with Crippen LogP contribution in [0.3, 0.4) is 0 Å². The SMILES string of the molecule is CCNC(C)(CO)CCSc1cc(C)ccc1C. The van der Waals surface area contributed by atoms with E-state index < -0.39 is 0 Å². The number of likely N-dealkylation sites (N-methyl/N-ethyl adjacent to an activating group) is 1. The minimum absolute atomic E-state index is 0.153. The molecule has 0 heterocycles. The second kappa shape index (κ2) is 7.17. The summed E-state index contributed by atoms with van der Waals surface area (Å²) in [6.07, 6.45) is 0.968. The van der Waals surface area contributed by atoms with E-state index in [-0.39, 0.29) is 12.1 Å². The molecule has 1 atom stereocenters. The monoisotopic (exact) mass is 267 g/mol. The first-order valence-electron chi connectivity index (χ1n) is 6.56. The zero-order valence-corrected chi connectivity index (χ0v) is 12.7. The zero-order valence-electron chi connectivity index (χ0n) is 11.9. The Kier molecular flexibility index (Phi) is 6.19.